The predicted octanol–water partition coefficient (Wildman–Crippen LogP) is 10.6. The largest absolute Gasteiger partial charge is 2.00 e. The van der Waals surface area contributed by atoms with Gasteiger partial charge in [-0.3, -0.25) is 28.8 Å². The zero-order valence-electron chi connectivity index (χ0n) is 51.8. The van der Waals surface area contributed by atoms with Crippen molar-refractivity contribution in [2.45, 2.75) is 268 Å². The first kappa shape index (κ1) is 82.3. The average molecular weight is 1280 g/mol. The van der Waals surface area contributed by atoms with E-state index in [0.29, 0.717) is 12.8 Å². The minimum absolute atomic E-state index is 0. The third-order valence-corrected chi connectivity index (χ3v) is 17.2. The number of aliphatic hydroxyl groups excluding tert-OH is 2. The average Bonchev–Trinajstić information content (AvgIpc) is 3.90. The minimum Gasteiger partial charge on any atom is -0.747 e. The molecule has 0 spiro atoms. The summed E-state index contributed by atoms with van der Waals surface area (Å²) in [6.45, 7) is 0.286. The molecule has 0 saturated carbocycles. The van der Waals surface area contributed by atoms with Gasteiger partial charge in [-0.1, -0.05) is 192 Å². The third-order valence-electron chi connectivity index (χ3n) is 15.1. The second-order valence-corrected chi connectivity index (χ2v) is 26.2. The van der Waals surface area contributed by atoms with E-state index in [4.69, 9.17) is 28.4 Å². The number of unbranched alkanes of at least 4 members (excludes halogenated alkanes) is 30. The van der Waals surface area contributed by atoms with Crippen molar-refractivity contribution in [3.8, 4) is 0 Å². The zero-order chi connectivity index (χ0) is 62.2. The molecule has 2 rings (SSSR count). The molecule has 2 heterocycles. The number of hydrogen-bond acceptors (Lipinski definition) is 20. The van der Waals surface area contributed by atoms with Crippen LogP contribution in [0.4, 0.5) is 0 Å². The van der Waals surface area contributed by atoms with E-state index in [9.17, 15) is 64.9 Å². The molecule has 0 aliphatic carbocycles. The molecule has 2 saturated heterocycles. The van der Waals surface area contributed by atoms with Crippen LogP contribution in [-0.2, 0) is 77.4 Å². The van der Waals surface area contributed by atoms with E-state index in [1.54, 1.807) is 0 Å². The number of hydrogen-bond donors (Lipinski definition) is 2. The van der Waals surface area contributed by atoms with Gasteiger partial charge in [0.05, 0.1) is 36.9 Å². The van der Waals surface area contributed by atoms with Gasteiger partial charge in [0.1, 0.15) is 59.9 Å². The molecule has 4 atom stereocenters. The predicted molar refractivity (Wildman–Crippen MR) is 323 cm³/mol. The van der Waals surface area contributed by atoms with Crippen molar-refractivity contribution >= 4 is 93.8 Å². The summed E-state index contributed by atoms with van der Waals surface area (Å²) in [5, 5.41) is 15.2. The molecule has 2 fully saturated rings. The summed E-state index contributed by atoms with van der Waals surface area (Å²) in [5.74, 6) is -6.02. The van der Waals surface area contributed by atoms with E-state index < -0.39 is 143 Å². The molecule has 0 radical (unpaired) electrons. The van der Waals surface area contributed by atoms with Gasteiger partial charge in [0.25, 0.3) is 0 Å². The molecular weight excluding hydrogens is 1170 g/mol. The summed E-state index contributed by atoms with van der Waals surface area (Å²) in [5.41, 5.74) is -2.91. The smallest absolute Gasteiger partial charge is 0.747 e. The van der Waals surface area contributed by atoms with Crippen LogP contribution in [0.15, 0.2) is 24.3 Å². The monoisotopic (exact) mass is 1270 g/mol. The molecule has 4 unspecified atom stereocenters. The number of carbonyl (C=O) groups excluding carboxylic acids is 6. The quantitative estimate of drug-likeness (QED) is 0.0143. The molecule has 85 heavy (non-hydrogen) atoms. The molecule has 0 aromatic heterocycles. The normalized spacial score (nSPS) is 19.8. The fourth-order valence-electron chi connectivity index (χ4n) is 9.36. The van der Waals surface area contributed by atoms with Crippen molar-refractivity contribution in [3.63, 3.8) is 0 Å². The molecule has 0 aromatic rings. The molecule has 2 aliphatic rings. The van der Waals surface area contributed by atoms with Crippen molar-refractivity contribution in [2.24, 2.45) is 10.8 Å². The van der Waals surface area contributed by atoms with Gasteiger partial charge in [0, 0.05) is 12.8 Å². The zero-order valence-corrected chi connectivity index (χ0v) is 55.6. The van der Waals surface area contributed by atoms with Crippen LogP contribution in [0.25, 0.3) is 0 Å². The maximum Gasteiger partial charge on any atom is 2.00 e. The van der Waals surface area contributed by atoms with Gasteiger partial charge in [-0.25, -0.2) is 16.8 Å². The summed E-state index contributed by atoms with van der Waals surface area (Å²) in [6.07, 6.45) is 48.5. The summed E-state index contributed by atoms with van der Waals surface area (Å²) in [7, 11) is -10.3. The summed E-state index contributed by atoms with van der Waals surface area (Å²) in [4.78, 5) is 72.3. The second-order valence-electron chi connectivity index (χ2n) is 23.0. The number of ether oxygens (including phenoxy) is 6. The van der Waals surface area contributed by atoms with Crippen molar-refractivity contribution < 1.29 is 93.3 Å². The van der Waals surface area contributed by atoms with Crippen LogP contribution >= 0.6 is 0 Å². The van der Waals surface area contributed by atoms with E-state index >= 15 is 0 Å². The number of allylic oxidation sites excluding steroid dienone is 4. The fraction of sp³-hybridized carbons (Fsp3) is 0.839. The van der Waals surface area contributed by atoms with E-state index in [1.807, 2.05) is 0 Å². The maximum absolute atomic E-state index is 12.2. The Morgan fingerprint density at radius 3 is 0.953 bits per heavy atom. The van der Waals surface area contributed by atoms with Gasteiger partial charge in [-0.05, 0) is 64.2 Å². The number of carbonyl (C=O) groups is 6. The van der Waals surface area contributed by atoms with E-state index in [2.05, 4.69) is 38.2 Å². The molecular formula is C62H106CaO20S2. The topological polar surface area (TPSA) is 313 Å². The van der Waals surface area contributed by atoms with E-state index in [-0.39, 0.29) is 50.6 Å². The van der Waals surface area contributed by atoms with E-state index in [1.165, 1.54) is 154 Å². The van der Waals surface area contributed by atoms with Crippen LogP contribution in [0.5, 0.6) is 0 Å². The van der Waals surface area contributed by atoms with Crippen molar-refractivity contribution in [1.82, 2.24) is 0 Å². The molecule has 488 valence electrons. The van der Waals surface area contributed by atoms with Crippen LogP contribution in [0.3, 0.4) is 0 Å². The van der Waals surface area contributed by atoms with Crippen LogP contribution in [0.1, 0.15) is 258 Å². The molecule has 23 heteroatoms. The first-order valence-electron chi connectivity index (χ1n) is 31.6. The molecule has 0 bridgehead atoms. The Hall–Kier alpha value is -2.70. The Kier molecular flexibility index (Phi) is 49.5. The third kappa shape index (κ3) is 42.8. The molecule has 2 aliphatic heterocycles. The Morgan fingerprint density at radius 2 is 0.694 bits per heavy atom. The Morgan fingerprint density at radius 1 is 0.447 bits per heavy atom. The van der Waals surface area contributed by atoms with Gasteiger partial charge in [0.15, 0.2) is 10.5 Å². The van der Waals surface area contributed by atoms with Gasteiger partial charge < -0.3 is 47.7 Å². The summed E-state index contributed by atoms with van der Waals surface area (Å²) < 4.78 is 97.9. The Labute approximate surface area is 539 Å². The fourth-order valence-corrected chi connectivity index (χ4v) is 10.6. The van der Waals surface area contributed by atoms with Crippen LogP contribution in [0, 0.1) is 10.8 Å². The Bertz CT molecular complexity index is 1960. The number of rotatable bonds is 46. The first-order chi connectivity index (χ1) is 40.3. The van der Waals surface area contributed by atoms with Gasteiger partial charge in [-0.2, -0.15) is 0 Å². The maximum atomic E-state index is 12.2. The minimum atomic E-state index is -5.14. The van der Waals surface area contributed by atoms with Crippen molar-refractivity contribution in [3.05, 3.63) is 24.3 Å². The first-order valence-corrected chi connectivity index (χ1v) is 34.6. The van der Waals surface area contributed by atoms with Crippen LogP contribution in [-0.4, -0.2) is 173 Å². The van der Waals surface area contributed by atoms with Crippen molar-refractivity contribution in [1.29, 1.82) is 0 Å². The molecule has 2 N–H and O–H groups in total. The van der Waals surface area contributed by atoms with Gasteiger partial charge >= 0.3 is 73.6 Å². The number of aliphatic hydroxyl groups is 2. The second kappa shape index (κ2) is 51.1. The standard InChI is InChI=1S/2C31H54O10S.Ca/c2*1-2-3-4-5-6-7-8-9-10-11-12-13-14-15-16-17-18-19-20-21-28(33)39-24-31(23-32)25-40-29(34)22-27(42(36,37)38)30(35)41-26-31;/h2*11-12,27,32H,2-10,13-26H2,1H3,(H,36,37,38);/q;;+2/p-2/b2*12-11+;. The number of esters is 6. The summed E-state index contributed by atoms with van der Waals surface area (Å²) in [6, 6.07) is 0. The summed E-state index contributed by atoms with van der Waals surface area (Å²) >= 11 is 0. The van der Waals surface area contributed by atoms with Gasteiger partial charge in [-0.15, -0.1) is 0 Å². The number of cyclic esters (lactones) is 4. The van der Waals surface area contributed by atoms with E-state index in [0.717, 1.165) is 51.4 Å². The molecule has 20 nitrogen and oxygen atoms in total. The van der Waals surface area contributed by atoms with Gasteiger partial charge in [0.2, 0.25) is 0 Å². The molecule has 0 aromatic carbocycles. The van der Waals surface area contributed by atoms with Crippen molar-refractivity contribution in [2.75, 3.05) is 52.9 Å². The molecule has 0 amide bonds. The van der Waals surface area contributed by atoms with Crippen LogP contribution < -0.4 is 0 Å². The SMILES string of the molecule is CCCCCCCCCC/C=C/CCCCCCCCCC(=O)OCC1(CO)COC(=O)CC(S(=O)(=O)[O-])C(=O)OC1.CCCCCCCCCC/C=C/CCCCCCCCCC(=O)OCC1(CO)COC(=O)CC(S(=O)(=O)[O-])C(=O)OC1.[Ca+2]. The Balaban J connectivity index is 0.00000164. The van der Waals surface area contributed by atoms with Crippen LogP contribution in [0.2, 0.25) is 0 Å².